The van der Waals surface area contributed by atoms with Gasteiger partial charge in [0, 0.05) is 25.0 Å². The summed E-state index contributed by atoms with van der Waals surface area (Å²) >= 11 is 0. The van der Waals surface area contributed by atoms with E-state index in [0.29, 0.717) is 12.6 Å². The summed E-state index contributed by atoms with van der Waals surface area (Å²) in [4.78, 5) is 14.1. The molecule has 0 N–H and O–H groups in total. The van der Waals surface area contributed by atoms with Gasteiger partial charge in [-0.25, -0.2) is 0 Å². The summed E-state index contributed by atoms with van der Waals surface area (Å²) in [7, 11) is 1.85. The first-order valence-electron chi connectivity index (χ1n) is 7.13. The lowest BCUT2D eigenvalue weighted by molar-refractivity contribution is 0.0313. The molecule has 0 amide bonds. The van der Waals surface area contributed by atoms with Gasteiger partial charge in [0.15, 0.2) is 0 Å². The first-order chi connectivity index (χ1) is 10.7. The van der Waals surface area contributed by atoms with Gasteiger partial charge in [0.05, 0.1) is 0 Å². The zero-order valence-electron chi connectivity index (χ0n) is 12.8. The normalized spacial score (nSPS) is 16.5. The van der Waals surface area contributed by atoms with Gasteiger partial charge in [-0.1, -0.05) is 37.0 Å². The predicted molar refractivity (Wildman–Crippen MR) is 86.0 cm³/mol. The van der Waals surface area contributed by atoms with Gasteiger partial charge in [0.25, 0.3) is 0 Å². The maximum atomic E-state index is 10.4. The number of hydrogen-bond acceptors (Lipinski definition) is 5. The second kappa shape index (κ2) is 8.01. The van der Waals surface area contributed by atoms with Crippen molar-refractivity contribution in [3.63, 3.8) is 0 Å². The highest BCUT2D eigenvalue weighted by Crippen LogP contribution is 2.18. The largest absolute Gasteiger partial charge is 0.345 e. The topological polar surface area (TPSA) is 45.1 Å². The molecule has 0 aromatic heterocycles. The molecule has 1 heterocycles. The maximum Gasteiger partial charge on any atom is 0.136 e. The van der Waals surface area contributed by atoms with Crippen molar-refractivity contribution in [2.45, 2.75) is 19.4 Å². The van der Waals surface area contributed by atoms with Crippen molar-refractivity contribution in [1.29, 1.82) is 0 Å². The molecule has 1 atom stereocenters. The summed E-state index contributed by atoms with van der Waals surface area (Å²) in [6.07, 6.45) is 5.58. The van der Waals surface area contributed by atoms with E-state index >= 15 is 0 Å². The van der Waals surface area contributed by atoms with Gasteiger partial charge >= 0.3 is 0 Å². The first-order valence-corrected chi connectivity index (χ1v) is 7.13. The molecular formula is C17H19N3O2. The van der Waals surface area contributed by atoms with Gasteiger partial charge in [-0.3, -0.25) is 0 Å². The summed E-state index contributed by atoms with van der Waals surface area (Å²) in [5, 5.41) is 2.82. The lowest BCUT2D eigenvalue weighted by atomic mass is 10.2. The third kappa shape index (κ3) is 4.21. The Morgan fingerprint density at radius 1 is 1.32 bits per heavy atom. The van der Waals surface area contributed by atoms with Crippen LogP contribution in [0.1, 0.15) is 18.9 Å². The van der Waals surface area contributed by atoms with Crippen LogP contribution in [0.5, 0.6) is 0 Å². The van der Waals surface area contributed by atoms with Crippen molar-refractivity contribution in [2.24, 2.45) is 5.18 Å². The van der Waals surface area contributed by atoms with Crippen LogP contribution in [0.3, 0.4) is 0 Å². The predicted octanol–water partition coefficient (Wildman–Crippen LogP) is 3.07. The van der Waals surface area contributed by atoms with E-state index < -0.39 is 0 Å². The van der Waals surface area contributed by atoms with Crippen LogP contribution < -0.4 is 0 Å². The molecule has 0 saturated heterocycles. The average molecular weight is 297 g/mol. The molecule has 0 saturated carbocycles. The molecule has 0 bridgehead atoms. The van der Waals surface area contributed by atoms with E-state index in [9.17, 15) is 4.91 Å². The van der Waals surface area contributed by atoms with Crippen LogP contribution in [0.15, 0.2) is 59.9 Å². The van der Waals surface area contributed by atoms with E-state index in [1.165, 1.54) is 6.20 Å². The van der Waals surface area contributed by atoms with E-state index in [2.05, 4.69) is 17.0 Å². The van der Waals surface area contributed by atoms with Crippen LogP contribution in [0.2, 0.25) is 0 Å². The number of hydrogen-bond donors (Lipinski definition) is 0. The van der Waals surface area contributed by atoms with Crippen molar-refractivity contribution in [3.8, 4) is 11.8 Å². The lowest BCUT2D eigenvalue weighted by Crippen LogP contribution is -2.25. The molecule has 2 rings (SSSR count). The Labute approximate surface area is 130 Å². The molecule has 114 valence electrons. The van der Waals surface area contributed by atoms with E-state index in [0.717, 1.165) is 12.0 Å². The quantitative estimate of drug-likeness (QED) is 0.619. The highest BCUT2D eigenvalue weighted by atomic mass is 16.5. The van der Waals surface area contributed by atoms with Gasteiger partial charge in [-0.2, -0.15) is 0 Å². The second-order valence-electron chi connectivity index (χ2n) is 4.80. The van der Waals surface area contributed by atoms with Crippen molar-refractivity contribution in [3.05, 3.63) is 65.2 Å². The van der Waals surface area contributed by atoms with Crippen molar-refractivity contribution >= 4 is 0 Å². The summed E-state index contributed by atoms with van der Waals surface area (Å²) in [5.74, 6) is 6.92. The molecule has 1 aliphatic heterocycles. The molecule has 22 heavy (non-hydrogen) atoms. The van der Waals surface area contributed by atoms with E-state index in [1.54, 1.807) is 4.90 Å². The maximum absolute atomic E-state index is 10.4. The minimum atomic E-state index is -0.162. The van der Waals surface area contributed by atoms with Gasteiger partial charge in [0.2, 0.25) is 0 Å². The fourth-order valence-corrected chi connectivity index (χ4v) is 1.97. The van der Waals surface area contributed by atoms with Crippen molar-refractivity contribution in [2.75, 3.05) is 13.8 Å². The first kappa shape index (κ1) is 15.8. The minimum Gasteiger partial charge on any atom is -0.345 e. The monoisotopic (exact) mass is 297 g/mol. The van der Waals surface area contributed by atoms with Gasteiger partial charge in [-0.15, -0.1) is 4.91 Å². The zero-order valence-corrected chi connectivity index (χ0v) is 12.8. The molecule has 0 aliphatic carbocycles. The number of nitrogens with zero attached hydrogens (tertiary/aromatic N) is 3. The Hall–Kier alpha value is -2.58. The molecule has 5 nitrogen and oxygen atoms in total. The van der Waals surface area contributed by atoms with Crippen LogP contribution in [0.4, 0.5) is 0 Å². The average Bonchev–Trinajstić information content (AvgIpc) is 2.90. The molecule has 1 aliphatic rings. The SMILES string of the molecule is CCC(C#Cc1ccccc1)OCN1C=CN(C)/C1=C\N=O. The Balaban J connectivity index is 1.94. The van der Waals surface area contributed by atoms with Crippen LogP contribution in [0.25, 0.3) is 0 Å². The smallest absolute Gasteiger partial charge is 0.136 e. The number of rotatable bonds is 5. The number of nitroso groups, excluding NO2 is 1. The highest BCUT2D eigenvalue weighted by Gasteiger charge is 2.17. The van der Waals surface area contributed by atoms with Crippen LogP contribution >= 0.6 is 0 Å². The van der Waals surface area contributed by atoms with Gasteiger partial charge in [0.1, 0.15) is 24.9 Å². The molecule has 1 aromatic rings. The van der Waals surface area contributed by atoms with Gasteiger partial charge in [-0.05, 0) is 23.7 Å². The standard InChI is InChI=1S/C17H19N3O2/c1-3-16(10-9-15-7-5-4-6-8-15)22-14-20-12-11-19(2)17(20)13-18-21/h4-8,11-13,16H,3,14H2,1-2H3/b17-13+. The summed E-state index contributed by atoms with van der Waals surface area (Å²) in [6, 6.07) is 9.81. The molecule has 0 radical (unpaired) electrons. The zero-order chi connectivity index (χ0) is 15.8. The molecule has 0 spiro atoms. The molecular weight excluding hydrogens is 278 g/mol. The molecule has 1 unspecified atom stereocenters. The molecule has 1 aromatic carbocycles. The third-order valence-electron chi connectivity index (χ3n) is 3.23. The van der Waals surface area contributed by atoms with E-state index in [1.807, 2.05) is 61.6 Å². The minimum absolute atomic E-state index is 0.162. The summed E-state index contributed by atoms with van der Waals surface area (Å²) in [5.41, 5.74) is 0.969. The Morgan fingerprint density at radius 2 is 2.09 bits per heavy atom. The van der Waals surface area contributed by atoms with Crippen molar-refractivity contribution in [1.82, 2.24) is 9.80 Å². The summed E-state index contributed by atoms with van der Waals surface area (Å²) in [6.45, 7) is 2.35. The van der Waals surface area contributed by atoms with Crippen molar-refractivity contribution < 1.29 is 4.74 Å². The lowest BCUT2D eigenvalue weighted by Gasteiger charge is -2.22. The van der Waals surface area contributed by atoms with E-state index in [4.69, 9.17) is 4.74 Å². The summed E-state index contributed by atoms with van der Waals surface area (Å²) < 4.78 is 5.81. The Kier molecular flexibility index (Phi) is 5.75. The van der Waals surface area contributed by atoms with Gasteiger partial charge < -0.3 is 14.5 Å². The van der Waals surface area contributed by atoms with E-state index in [-0.39, 0.29) is 6.10 Å². The van der Waals surface area contributed by atoms with Crippen LogP contribution in [-0.4, -0.2) is 29.7 Å². The Morgan fingerprint density at radius 3 is 2.77 bits per heavy atom. The number of benzene rings is 1. The fourth-order valence-electron chi connectivity index (χ4n) is 1.97. The highest BCUT2D eigenvalue weighted by molar-refractivity contribution is 5.34. The van der Waals surface area contributed by atoms with Crippen LogP contribution in [-0.2, 0) is 4.74 Å². The number of ether oxygens (including phenoxy) is 1. The Bertz CT molecular complexity index is 614. The molecule has 5 heteroatoms. The third-order valence-corrected chi connectivity index (χ3v) is 3.23. The molecule has 0 fully saturated rings. The van der Waals surface area contributed by atoms with Crippen LogP contribution in [0, 0.1) is 16.7 Å². The second-order valence-corrected chi connectivity index (χ2v) is 4.80. The fraction of sp³-hybridized carbons (Fsp3) is 0.294.